The molecular formula is C15H13N3O. The van der Waals surface area contributed by atoms with E-state index in [1.165, 1.54) is 0 Å². The fraction of sp³-hybridized carbons (Fsp3) is 0.200. The van der Waals surface area contributed by atoms with Crippen molar-refractivity contribution in [1.82, 2.24) is 14.5 Å². The monoisotopic (exact) mass is 251 g/mol. The lowest BCUT2D eigenvalue weighted by Crippen LogP contribution is -2.25. The summed E-state index contributed by atoms with van der Waals surface area (Å²) in [4.78, 5) is 18.4. The van der Waals surface area contributed by atoms with Gasteiger partial charge in [-0.2, -0.15) is 0 Å². The van der Waals surface area contributed by atoms with E-state index in [2.05, 4.69) is 10.9 Å². The zero-order valence-electron chi connectivity index (χ0n) is 10.8. The molecule has 0 unspecified atom stereocenters. The van der Waals surface area contributed by atoms with Crippen LogP contribution in [0, 0.1) is 19.3 Å². The van der Waals surface area contributed by atoms with Crippen molar-refractivity contribution in [2.24, 2.45) is 0 Å². The summed E-state index contributed by atoms with van der Waals surface area (Å²) in [6, 6.07) is 5.49. The lowest BCUT2D eigenvalue weighted by atomic mass is 10.1. The first kappa shape index (κ1) is 11.5. The molecular weight excluding hydrogens is 238 g/mol. The smallest absolute Gasteiger partial charge is 0.256 e. The van der Waals surface area contributed by atoms with Crippen LogP contribution in [0.15, 0.2) is 24.5 Å². The van der Waals surface area contributed by atoms with E-state index >= 15 is 0 Å². The third kappa shape index (κ3) is 1.63. The number of hydrogen-bond donors (Lipinski definition) is 0. The van der Waals surface area contributed by atoms with Gasteiger partial charge >= 0.3 is 0 Å². The number of benzene rings is 1. The molecule has 2 heterocycles. The number of amides is 1. The molecule has 0 spiro atoms. The molecule has 1 aliphatic rings. The van der Waals surface area contributed by atoms with Crippen molar-refractivity contribution in [3.63, 3.8) is 0 Å². The van der Waals surface area contributed by atoms with Gasteiger partial charge in [0.05, 0.1) is 35.5 Å². The van der Waals surface area contributed by atoms with Crippen LogP contribution in [0.2, 0.25) is 0 Å². The molecule has 0 N–H and O–H groups in total. The highest BCUT2D eigenvalue weighted by molar-refractivity contribution is 5.98. The molecule has 0 fully saturated rings. The number of terminal acetylenes is 1. The van der Waals surface area contributed by atoms with Crippen molar-refractivity contribution in [3.05, 3.63) is 47.0 Å². The zero-order chi connectivity index (χ0) is 13.6. The maximum absolute atomic E-state index is 12.4. The van der Waals surface area contributed by atoms with Crippen LogP contribution < -0.4 is 0 Å². The van der Waals surface area contributed by atoms with Crippen molar-refractivity contribution in [3.8, 4) is 18.0 Å². The minimum atomic E-state index is -0.0183. The molecule has 1 amide bonds. The summed E-state index contributed by atoms with van der Waals surface area (Å²) in [6.07, 6.45) is 7.16. The summed E-state index contributed by atoms with van der Waals surface area (Å²) >= 11 is 0. The van der Waals surface area contributed by atoms with Crippen LogP contribution in [-0.2, 0) is 6.54 Å². The summed E-state index contributed by atoms with van der Waals surface area (Å²) in [5.41, 5.74) is 4.13. The SMILES string of the molecule is C#Cc1ccc2c(c1)C(=O)N(C)Cc1c(C)ncn1-2. The summed E-state index contributed by atoms with van der Waals surface area (Å²) in [6.45, 7) is 2.50. The number of nitrogens with zero attached hydrogens (tertiary/aromatic N) is 3. The van der Waals surface area contributed by atoms with Gasteiger partial charge in [-0.05, 0) is 25.1 Å². The second-order valence-corrected chi connectivity index (χ2v) is 4.68. The number of aromatic nitrogens is 2. The van der Waals surface area contributed by atoms with Gasteiger partial charge < -0.3 is 9.47 Å². The fourth-order valence-electron chi connectivity index (χ4n) is 2.37. The Morgan fingerprint density at radius 1 is 1.42 bits per heavy atom. The average Bonchev–Trinajstić information content (AvgIpc) is 2.73. The minimum Gasteiger partial charge on any atom is -0.336 e. The Morgan fingerprint density at radius 2 is 2.21 bits per heavy atom. The van der Waals surface area contributed by atoms with Crippen molar-refractivity contribution < 1.29 is 4.79 Å². The lowest BCUT2D eigenvalue weighted by Gasteiger charge is -2.14. The maximum Gasteiger partial charge on any atom is 0.256 e. The molecule has 1 aromatic heterocycles. The molecule has 94 valence electrons. The lowest BCUT2D eigenvalue weighted by molar-refractivity contribution is 0.0788. The van der Waals surface area contributed by atoms with E-state index in [4.69, 9.17) is 6.42 Å². The number of aryl methyl sites for hydroxylation is 1. The fourth-order valence-corrected chi connectivity index (χ4v) is 2.37. The van der Waals surface area contributed by atoms with Gasteiger partial charge in [0.2, 0.25) is 0 Å². The van der Waals surface area contributed by atoms with E-state index in [9.17, 15) is 4.79 Å². The molecule has 4 nitrogen and oxygen atoms in total. The van der Waals surface area contributed by atoms with Crippen LogP contribution >= 0.6 is 0 Å². The molecule has 0 aliphatic carbocycles. The van der Waals surface area contributed by atoms with Crippen LogP contribution in [0.4, 0.5) is 0 Å². The highest BCUT2D eigenvalue weighted by atomic mass is 16.2. The number of carbonyl (C=O) groups excluding carboxylic acids is 1. The molecule has 1 aromatic carbocycles. The van der Waals surface area contributed by atoms with Gasteiger partial charge in [0.25, 0.3) is 5.91 Å². The molecule has 2 aromatic rings. The van der Waals surface area contributed by atoms with Gasteiger partial charge in [-0.25, -0.2) is 4.98 Å². The maximum atomic E-state index is 12.4. The molecule has 0 atom stereocenters. The van der Waals surface area contributed by atoms with Gasteiger partial charge in [0, 0.05) is 12.6 Å². The topological polar surface area (TPSA) is 38.1 Å². The summed E-state index contributed by atoms with van der Waals surface area (Å²) in [5.74, 6) is 2.55. The van der Waals surface area contributed by atoms with Gasteiger partial charge in [-0.3, -0.25) is 4.79 Å². The third-order valence-corrected chi connectivity index (χ3v) is 3.46. The Hall–Kier alpha value is -2.54. The summed E-state index contributed by atoms with van der Waals surface area (Å²) < 4.78 is 1.96. The summed E-state index contributed by atoms with van der Waals surface area (Å²) in [5, 5.41) is 0. The number of imidazole rings is 1. The Kier molecular flexibility index (Phi) is 2.42. The van der Waals surface area contributed by atoms with E-state index in [0.29, 0.717) is 17.7 Å². The number of carbonyl (C=O) groups is 1. The number of fused-ring (bicyclic) bond motifs is 3. The Morgan fingerprint density at radius 3 is 2.95 bits per heavy atom. The second-order valence-electron chi connectivity index (χ2n) is 4.68. The molecule has 3 rings (SSSR count). The van der Waals surface area contributed by atoms with Crippen molar-refractivity contribution in [2.45, 2.75) is 13.5 Å². The van der Waals surface area contributed by atoms with Crippen LogP contribution in [0.1, 0.15) is 27.3 Å². The minimum absolute atomic E-state index is 0.0183. The van der Waals surface area contributed by atoms with E-state index in [-0.39, 0.29) is 5.91 Å². The second kappa shape index (κ2) is 3.99. The molecule has 0 radical (unpaired) electrons. The molecule has 0 bridgehead atoms. The van der Waals surface area contributed by atoms with Crippen molar-refractivity contribution in [1.29, 1.82) is 0 Å². The van der Waals surface area contributed by atoms with E-state index in [1.54, 1.807) is 24.3 Å². The Bertz CT molecular complexity index is 721. The normalized spacial score (nSPS) is 13.5. The zero-order valence-corrected chi connectivity index (χ0v) is 10.8. The van der Waals surface area contributed by atoms with Crippen molar-refractivity contribution >= 4 is 5.91 Å². The van der Waals surface area contributed by atoms with Crippen LogP contribution in [0.3, 0.4) is 0 Å². The highest BCUT2D eigenvalue weighted by Crippen LogP contribution is 2.25. The van der Waals surface area contributed by atoms with E-state index < -0.39 is 0 Å². The molecule has 19 heavy (non-hydrogen) atoms. The molecule has 1 aliphatic heterocycles. The largest absolute Gasteiger partial charge is 0.336 e. The average molecular weight is 251 g/mol. The number of rotatable bonds is 0. The quantitative estimate of drug-likeness (QED) is 0.669. The van der Waals surface area contributed by atoms with Crippen LogP contribution in [-0.4, -0.2) is 27.4 Å². The predicted octanol–water partition coefficient (Wildman–Crippen LogP) is 1.75. The van der Waals surface area contributed by atoms with Gasteiger partial charge in [-0.15, -0.1) is 6.42 Å². The van der Waals surface area contributed by atoms with Gasteiger partial charge in [-0.1, -0.05) is 5.92 Å². The van der Waals surface area contributed by atoms with Gasteiger partial charge in [0.1, 0.15) is 0 Å². The summed E-state index contributed by atoms with van der Waals surface area (Å²) in [7, 11) is 1.79. The highest BCUT2D eigenvalue weighted by Gasteiger charge is 2.25. The number of hydrogen-bond acceptors (Lipinski definition) is 2. The van der Waals surface area contributed by atoms with E-state index in [1.807, 2.05) is 23.6 Å². The first-order chi connectivity index (χ1) is 9.11. The van der Waals surface area contributed by atoms with Crippen LogP contribution in [0.25, 0.3) is 5.69 Å². The molecule has 4 heteroatoms. The first-order valence-electron chi connectivity index (χ1n) is 6.01. The first-order valence-corrected chi connectivity index (χ1v) is 6.01. The predicted molar refractivity (Wildman–Crippen MR) is 72.0 cm³/mol. The third-order valence-electron chi connectivity index (χ3n) is 3.46. The molecule has 0 saturated heterocycles. The standard InChI is InChI=1S/C15H13N3O/c1-4-11-5-6-13-12(7-11)15(19)17(3)8-14-10(2)16-9-18(13)14/h1,5-7,9H,8H2,2-3H3. The van der Waals surface area contributed by atoms with E-state index in [0.717, 1.165) is 17.1 Å². The van der Waals surface area contributed by atoms with Crippen molar-refractivity contribution in [2.75, 3.05) is 7.05 Å². The Balaban J connectivity index is 2.32. The molecule has 0 saturated carbocycles. The Labute approximate surface area is 111 Å². The van der Waals surface area contributed by atoms with Crippen LogP contribution in [0.5, 0.6) is 0 Å². The van der Waals surface area contributed by atoms with Gasteiger partial charge in [0.15, 0.2) is 0 Å².